The first kappa shape index (κ1) is 21.8. The number of aromatic nitrogens is 1. The summed E-state index contributed by atoms with van der Waals surface area (Å²) in [5, 5.41) is 0. The molecule has 158 valence electrons. The number of rotatable bonds is 6. The van der Waals surface area contributed by atoms with E-state index in [9.17, 15) is 17.6 Å². The molecule has 3 rings (SSSR count). The lowest BCUT2D eigenvalue weighted by Gasteiger charge is -2.15. The van der Waals surface area contributed by atoms with Crippen LogP contribution in [0.3, 0.4) is 0 Å². The van der Waals surface area contributed by atoms with Gasteiger partial charge in [-0.25, -0.2) is 12.8 Å². The highest BCUT2D eigenvalue weighted by atomic mass is 32.2. The molecule has 0 radical (unpaired) electrons. The molecule has 0 bridgehead atoms. The Balaban J connectivity index is 2.07. The average Bonchev–Trinajstić information content (AvgIpc) is 3.09. The summed E-state index contributed by atoms with van der Waals surface area (Å²) < 4.78 is 44.9. The second kappa shape index (κ2) is 8.44. The molecule has 0 N–H and O–H groups in total. The van der Waals surface area contributed by atoms with Crippen LogP contribution in [0.1, 0.15) is 25.0 Å². The summed E-state index contributed by atoms with van der Waals surface area (Å²) in [4.78, 5) is 12.1. The van der Waals surface area contributed by atoms with E-state index in [1.165, 1.54) is 12.1 Å². The molecule has 5 nitrogen and oxygen atoms in total. The van der Waals surface area contributed by atoms with Crippen molar-refractivity contribution in [2.45, 2.75) is 38.2 Å². The lowest BCUT2D eigenvalue weighted by molar-refractivity contribution is -0.146. The Labute approximate surface area is 176 Å². The van der Waals surface area contributed by atoms with Crippen LogP contribution in [0.25, 0.3) is 16.8 Å². The standard InChI is InChI=1S/C23H24FNO4S/c1-15(2)29-23(26)11-17-9-10-25(14-17)22-13-20(30(4,27)28)12-21(16(22)3)18-5-7-19(24)8-6-18/h5-10,12-15H,11H2,1-4H3. The van der Waals surface area contributed by atoms with Crippen LogP contribution in [0.2, 0.25) is 0 Å². The van der Waals surface area contributed by atoms with E-state index in [1.54, 1.807) is 61.1 Å². The second-order valence-corrected chi connectivity index (χ2v) is 9.55. The molecule has 7 heteroatoms. The van der Waals surface area contributed by atoms with Crippen LogP contribution in [0, 0.1) is 12.7 Å². The Morgan fingerprint density at radius 2 is 1.80 bits per heavy atom. The number of esters is 1. The van der Waals surface area contributed by atoms with Crippen LogP contribution in [0.4, 0.5) is 4.39 Å². The number of halogens is 1. The van der Waals surface area contributed by atoms with Gasteiger partial charge in [0, 0.05) is 24.3 Å². The summed E-state index contributed by atoms with van der Waals surface area (Å²) >= 11 is 0. The first-order valence-electron chi connectivity index (χ1n) is 9.52. The quantitative estimate of drug-likeness (QED) is 0.542. The van der Waals surface area contributed by atoms with Gasteiger partial charge < -0.3 is 9.30 Å². The van der Waals surface area contributed by atoms with Gasteiger partial charge >= 0.3 is 5.97 Å². The van der Waals surface area contributed by atoms with Crippen molar-refractivity contribution in [3.8, 4) is 16.8 Å². The van der Waals surface area contributed by atoms with Gasteiger partial charge in [0.25, 0.3) is 0 Å². The maximum atomic E-state index is 13.4. The molecule has 0 unspecified atom stereocenters. The molecule has 0 fully saturated rings. The molecule has 0 spiro atoms. The van der Waals surface area contributed by atoms with Crippen molar-refractivity contribution in [2.75, 3.05) is 6.26 Å². The Kier molecular flexibility index (Phi) is 6.12. The molecule has 30 heavy (non-hydrogen) atoms. The molecule has 0 aliphatic heterocycles. The summed E-state index contributed by atoms with van der Waals surface area (Å²) in [6.07, 6.45) is 4.65. The zero-order valence-electron chi connectivity index (χ0n) is 17.3. The van der Waals surface area contributed by atoms with Crippen molar-refractivity contribution in [2.24, 2.45) is 0 Å². The van der Waals surface area contributed by atoms with E-state index in [0.717, 1.165) is 17.4 Å². The van der Waals surface area contributed by atoms with E-state index in [4.69, 9.17) is 4.74 Å². The topological polar surface area (TPSA) is 65.4 Å². The molecule has 0 amide bonds. The fourth-order valence-electron chi connectivity index (χ4n) is 3.25. The predicted molar refractivity (Wildman–Crippen MR) is 114 cm³/mol. The molecule has 0 saturated heterocycles. The van der Waals surface area contributed by atoms with Gasteiger partial charge in [0.05, 0.1) is 17.4 Å². The van der Waals surface area contributed by atoms with Crippen LogP contribution in [0.5, 0.6) is 0 Å². The molecule has 1 aromatic heterocycles. The van der Waals surface area contributed by atoms with E-state index in [2.05, 4.69) is 0 Å². The fourth-order valence-corrected chi connectivity index (χ4v) is 3.91. The molecular weight excluding hydrogens is 405 g/mol. The maximum Gasteiger partial charge on any atom is 0.310 e. The number of carbonyl (C=O) groups is 1. The van der Waals surface area contributed by atoms with Crippen LogP contribution in [-0.4, -0.2) is 31.3 Å². The van der Waals surface area contributed by atoms with E-state index < -0.39 is 9.84 Å². The molecule has 3 aromatic rings. The molecule has 1 heterocycles. The van der Waals surface area contributed by atoms with Crippen LogP contribution < -0.4 is 0 Å². The zero-order valence-corrected chi connectivity index (χ0v) is 18.2. The minimum Gasteiger partial charge on any atom is -0.463 e. The first-order valence-corrected chi connectivity index (χ1v) is 11.4. The molecule has 0 saturated carbocycles. The number of sulfone groups is 1. The normalized spacial score (nSPS) is 11.7. The Bertz CT molecular complexity index is 1180. The Morgan fingerprint density at radius 3 is 2.40 bits per heavy atom. The zero-order chi connectivity index (χ0) is 22.1. The van der Waals surface area contributed by atoms with Gasteiger partial charge in [-0.3, -0.25) is 4.79 Å². The highest BCUT2D eigenvalue weighted by Gasteiger charge is 2.17. The minimum absolute atomic E-state index is 0.126. The fraction of sp³-hybridized carbons (Fsp3) is 0.261. The van der Waals surface area contributed by atoms with Gasteiger partial charge in [-0.05, 0) is 73.4 Å². The van der Waals surface area contributed by atoms with E-state index >= 15 is 0 Å². The monoisotopic (exact) mass is 429 g/mol. The number of hydrogen-bond acceptors (Lipinski definition) is 4. The molecular formula is C23H24FNO4S. The van der Waals surface area contributed by atoms with Crippen molar-refractivity contribution in [1.82, 2.24) is 4.57 Å². The first-order chi connectivity index (χ1) is 14.0. The third kappa shape index (κ3) is 4.97. The van der Waals surface area contributed by atoms with E-state index in [1.807, 2.05) is 6.92 Å². The van der Waals surface area contributed by atoms with Crippen molar-refractivity contribution in [3.63, 3.8) is 0 Å². The number of hydrogen-bond donors (Lipinski definition) is 0. The summed E-state index contributed by atoms with van der Waals surface area (Å²) in [6.45, 7) is 5.47. The summed E-state index contributed by atoms with van der Waals surface area (Å²) in [6, 6.07) is 10.9. The van der Waals surface area contributed by atoms with Gasteiger partial charge in [0.15, 0.2) is 9.84 Å². The SMILES string of the molecule is Cc1c(-c2ccc(F)cc2)cc(S(C)(=O)=O)cc1-n1ccc(CC(=O)OC(C)C)c1. The Morgan fingerprint density at radius 1 is 1.13 bits per heavy atom. The van der Waals surface area contributed by atoms with Crippen LogP contribution >= 0.6 is 0 Å². The highest BCUT2D eigenvalue weighted by molar-refractivity contribution is 7.90. The van der Waals surface area contributed by atoms with Crippen molar-refractivity contribution in [3.05, 3.63) is 71.8 Å². The molecule has 0 aliphatic carbocycles. The van der Waals surface area contributed by atoms with Gasteiger partial charge in [0.2, 0.25) is 0 Å². The van der Waals surface area contributed by atoms with Crippen molar-refractivity contribution < 1.29 is 22.3 Å². The Hall–Kier alpha value is -2.93. The predicted octanol–water partition coefficient (Wildman–Crippen LogP) is 4.49. The number of nitrogens with zero attached hydrogens (tertiary/aromatic N) is 1. The van der Waals surface area contributed by atoms with E-state index in [0.29, 0.717) is 16.8 Å². The lowest BCUT2D eigenvalue weighted by Crippen LogP contribution is -2.13. The third-order valence-electron chi connectivity index (χ3n) is 4.69. The van der Waals surface area contributed by atoms with Crippen molar-refractivity contribution in [1.29, 1.82) is 0 Å². The van der Waals surface area contributed by atoms with E-state index in [-0.39, 0.29) is 29.2 Å². The lowest BCUT2D eigenvalue weighted by atomic mass is 9.99. The maximum absolute atomic E-state index is 13.4. The molecule has 2 aromatic carbocycles. The largest absolute Gasteiger partial charge is 0.463 e. The molecule has 0 aliphatic rings. The van der Waals surface area contributed by atoms with Gasteiger partial charge in [-0.15, -0.1) is 0 Å². The third-order valence-corrected chi connectivity index (χ3v) is 5.78. The van der Waals surface area contributed by atoms with Gasteiger partial charge in [-0.2, -0.15) is 0 Å². The highest BCUT2D eigenvalue weighted by Crippen LogP contribution is 2.32. The summed E-state index contributed by atoms with van der Waals surface area (Å²) in [5.41, 5.74) is 3.67. The number of carbonyl (C=O) groups excluding carboxylic acids is 1. The van der Waals surface area contributed by atoms with Crippen LogP contribution in [-0.2, 0) is 25.8 Å². The average molecular weight is 430 g/mol. The number of ether oxygens (including phenoxy) is 1. The van der Waals surface area contributed by atoms with Crippen molar-refractivity contribution >= 4 is 15.8 Å². The number of benzene rings is 2. The van der Waals surface area contributed by atoms with Gasteiger partial charge in [0.1, 0.15) is 5.82 Å². The van der Waals surface area contributed by atoms with Crippen LogP contribution in [0.15, 0.2) is 59.8 Å². The summed E-state index contributed by atoms with van der Waals surface area (Å²) in [7, 11) is -3.48. The summed E-state index contributed by atoms with van der Waals surface area (Å²) in [5.74, 6) is -0.685. The minimum atomic E-state index is -3.48. The second-order valence-electron chi connectivity index (χ2n) is 7.54. The smallest absolute Gasteiger partial charge is 0.310 e. The molecule has 0 atom stereocenters. The van der Waals surface area contributed by atoms with Gasteiger partial charge in [-0.1, -0.05) is 12.1 Å².